The molecule has 88 valence electrons. The summed E-state index contributed by atoms with van der Waals surface area (Å²) < 4.78 is 0. The summed E-state index contributed by atoms with van der Waals surface area (Å²) in [5.41, 5.74) is 3.04. The van der Waals surface area contributed by atoms with Crippen molar-refractivity contribution in [2.24, 2.45) is 0 Å². The first-order chi connectivity index (χ1) is 8.24. The SMILES string of the molecule is CC(=O)Nc1ccc(NCc2cc[nH]c2)cc1. The van der Waals surface area contributed by atoms with Crippen molar-refractivity contribution in [2.45, 2.75) is 13.5 Å². The second kappa shape index (κ2) is 5.21. The number of H-pyrrole nitrogens is 1. The fourth-order valence-corrected chi connectivity index (χ4v) is 1.55. The van der Waals surface area contributed by atoms with E-state index < -0.39 is 0 Å². The molecule has 1 heterocycles. The normalized spacial score (nSPS) is 9.94. The Morgan fingerprint density at radius 1 is 1.18 bits per heavy atom. The van der Waals surface area contributed by atoms with E-state index in [1.54, 1.807) is 0 Å². The van der Waals surface area contributed by atoms with Crippen LogP contribution in [0.25, 0.3) is 0 Å². The Labute approximate surface area is 100 Å². The molecule has 0 aliphatic carbocycles. The molecule has 0 unspecified atom stereocenters. The third kappa shape index (κ3) is 3.38. The molecule has 1 amide bonds. The van der Waals surface area contributed by atoms with Crippen LogP contribution in [-0.4, -0.2) is 10.9 Å². The quantitative estimate of drug-likeness (QED) is 0.754. The predicted molar refractivity (Wildman–Crippen MR) is 68.9 cm³/mol. The number of anilines is 2. The maximum absolute atomic E-state index is 10.8. The third-order valence-corrected chi connectivity index (χ3v) is 2.36. The van der Waals surface area contributed by atoms with Crippen LogP contribution in [0.4, 0.5) is 11.4 Å². The third-order valence-electron chi connectivity index (χ3n) is 2.36. The molecule has 2 aromatic rings. The highest BCUT2D eigenvalue weighted by Crippen LogP contribution is 2.14. The van der Waals surface area contributed by atoms with Crippen LogP contribution in [0.1, 0.15) is 12.5 Å². The van der Waals surface area contributed by atoms with E-state index in [-0.39, 0.29) is 5.91 Å². The van der Waals surface area contributed by atoms with Gasteiger partial charge in [-0.3, -0.25) is 4.79 Å². The number of aromatic nitrogens is 1. The van der Waals surface area contributed by atoms with Crippen LogP contribution in [-0.2, 0) is 11.3 Å². The molecule has 0 saturated heterocycles. The second-order valence-corrected chi connectivity index (χ2v) is 3.83. The number of nitrogens with one attached hydrogen (secondary N) is 3. The Balaban J connectivity index is 1.91. The van der Waals surface area contributed by atoms with Crippen molar-refractivity contribution in [3.63, 3.8) is 0 Å². The van der Waals surface area contributed by atoms with Gasteiger partial charge >= 0.3 is 0 Å². The van der Waals surface area contributed by atoms with Crippen LogP contribution < -0.4 is 10.6 Å². The minimum Gasteiger partial charge on any atom is -0.381 e. The molecule has 1 aromatic heterocycles. The van der Waals surface area contributed by atoms with Crippen molar-refractivity contribution >= 4 is 17.3 Å². The van der Waals surface area contributed by atoms with Crippen LogP contribution in [0.2, 0.25) is 0 Å². The Hall–Kier alpha value is -2.23. The number of amides is 1. The molecule has 1 aromatic carbocycles. The smallest absolute Gasteiger partial charge is 0.221 e. The number of carbonyl (C=O) groups is 1. The average Bonchev–Trinajstić information content (AvgIpc) is 2.80. The van der Waals surface area contributed by atoms with Gasteiger partial charge in [-0.25, -0.2) is 0 Å². The second-order valence-electron chi connectivity index (χ2n) is 3.83. The van der Waals surface area contributed by atoms with Crippen LogP contribution >= 0.6 is 0 Å². The highest BCUT2D eigenvalue weighted by atomic mass is 16.1. The molecule has 0 spiro atoms. The summed E-state index contributed by atoms with van der Waals surface area (Å²) in [6.45, 7) is 2.28. The van der Waals surface area contributed by atoms with Crippen molar-refractivity contribution in [3.05, 3.63) is 48.3 Å². The minimum absolute atomic E-state index is 0.0574. The van der Waals surface area contributed by atoms with Crippen molar-refractivity contribution in [1.29, 1.82) is 0 Å². The van der Waals surface area contributed by atoms with E-state index >= 15 is 0 Å². The van der Waals surface area contributed by atoms with Crippen LogP contribution in [0.15, 0.2) is 42.7 Å². The van der Waals surface area contributed by atoms with Crippen molar-refractivity contribution in [1.82, 2.24) is 4.98 Å². The highest BCUT2D eigenvalue weighted by Gasteiger charge is 1.97. The van der Waals surface area contributed by atoms with Gasteiger partial charge in [-0.05, 0) is 35.9 Å². The number of rotatable bonds is 4. The van der Waals surface area contributed by atoms with E-state index in [2.05, 4.69) is 15.6 Å². The monoisotopic (exact) mass is 229 g/mol. The van der Waals surface area contributed by atoms with Gasteiger partial charge in [0.05, 0.1) is 0 Å². The summed E-state index contributed by atoms with van der Waals surface area (Å²) in [4.78, 5) is 13.9. The van der Waals surface area contributed by atoms with Gasteiger partial charge in [0.2, 0.25) is 5.91 Å². The first-order valence-electron chi connectivity index (χ1n) is 5.47. The van der Waals surface area contributed by atoms with Gasteiger partial charge in [-0.2, -0.15) is 0 Å². The molecule has 2 rings (SSSR count). The largest absolute Gasteiger partial charge is 0.381 e. The van der Waals surface area contributed by atoms with Gasteiger partial charge in [-0.15, -0.1) is 0 Å². The lowest BCUT2D eigenvalue weighted by atomic mass is 10.2. The van der Waals surface area contributed by atoms with Gasteiger partial charge in [0, 0.05) is 37.2 Å². The molecule has 4 nitrogen and oxygen atoms in total. The summed E-state index contributed by atoms with van der Waals surface area (Å²) in [5, 5.41) is 6.02. The molecule has 17 heavy (non-hydrogen) atoms. The van der Waals surface area contributed by atoms with E-state index in [1.165, 1.54) is 12.5 Å². The molecule has 0 radical (unpaired) electrons. The van der Waals surface area contributed by atoms with Gasteiger partial charge in [0.15, 0.2) is 0 Å². The zero-order chi connectivity index (χ0) is 12.1. The van der Waals surface area contributed by atoms with E-state index in [0.29, 0.717) is 0 Å². The lowest BCUT2D eigenvalue weighted by Crippen LogP contribution is -2.05. The fourth-order valence-electron chi connectivity index (χ4n) is 1.55. The minimum atomic E-state index is -0.0574. The highest BCUT2D eigenvalue weighted by molar-refractivity contribution is 5.88. The zero-order valence-corrected chi connectivity index (χ0v) is 9.66. The Morgan fingerprint density at radius 2 is 1.88 bits per heavy atom. The van der Waals surface area contributed by atoms with Crippen molar-refractivity contribution in [2.75, 3.05) is 10.6 Å². The van der Waals surface area contributed by atoms with Crippen molar-refractivity contribution in [3.8, 4) is 0 Å². The number of benzene rings is 1. The average molecular weight is 229 g/mol. The summed E-state index contributed by atoms with van der Waals surface area (Å²) in [6, 6.07) is 9.66. The molecule has 0 aliphatic rings. The standard InChI is InChI=1S/C13H15N3O/c1-10(17)16-13-4-2-12(3-5-13)15-9-11-6-7-14-8-11/h2-8,14-15H,9H2,1H3,(H,16,17). The van der Waals surface area contributed by atoms with E-state index in [4.69, 9.17) is 0 Å². The fraction of sp³-hybridized carbons (Fsp3) is 0.154. The number of aromatic amines is 1. The topological polar surface area (TPSA) is 56.9 Å². The molecule has 0 fully saturated rings. The summed E-state index contributed by atoms with van der Waals surface area (Å²) in [6.07, 6.45) is 3.86. The summed E-state index contributed by atoms with van der Waals surface area (Å²) in [7, 11) is 0. The Morgan fingerprint density at radius 3 is 2.47 bits per heavy atom. The van der Waals surface area contributed by atoms with Crippen LogP contribution in [0, 0.1) is 0 Å². The van der Waals surface area contributed by atoms with Crippen LogP contribution in [0.5, 0.6) is 0 Å². The Kier molecular flexibility index (Phi) is 3.45. The van der Waals surface area contributed by atoms with Gasteiger partial charge in [0.1, 0.15) is 0 Å². The molecule has 0 saturated carbocycles. The van der Waals surface area contributed by atoms with E-state index in [9.17, 15) is 4.79 Å². The lowest BCUT2D eigenvalue weighted by molar-refractivity contribution is -0.114. The molecule has 3 N–H and O–H groups in total. The maximum Gasteiger partial charge on any atom is 0.221 e. The maximum atomic E-state index is 10.8. The van der Waals surface area contributed by atoms with Gasteiger partial charge < -0.3 is 15.6 Å². The summed E-state index contributed by atoms with van der Waals surface area (Å²) in [5.74, 6) is -0.0574. The molecule has 0 atom stereocenters. The van der Waals surface area contributed by atoms with Gasteiger partial charge in [0.25, 0.3) is 0 Å². The predicted octanol–water partition coefficient (Wildman–Crippen LogP) is 2.59. The first kappa shape index (κ1) is 11.3. The Bertz CT molecular complexity index is 474. The number of hydrogen-bond donors (Lipinski definition) is 3. The van der Waals surface area contributed by atoms with Crippen LogP contribution in [0.3, 0.4) is 0 Å². The molecular formula is C13H15N3O. The van der Waals surface area contributed by atoms with Crippen molar-refractivity contribution < 1.29 is 4.79 Å². The lowest BCUT2D eigenvalue weighted by Gasteiger charge is -2.06. The molecule has 0 bridgehead atoms. The molecule has 0 aliphatic heterocycles. The molecule has 4 heteroatoms. The molecular weight excluding hydrogens is 214 g/mol. The van der Waals surface area contributed by atoms with Gasteiger partial charge in [-0.1, -0.05) is 0 Å². The summed E-state index contributed by atoms with van der Waals surface area (Å²) >= 11 is 0. The van der Waals surface area contributed by atoms with E-state index in [0.717, 1.165) is 17.9 Å². The number of hydrogen-bond acceptors (Lipinski definition) is 2. The zero-order valence-electron chi connectivity index (χ0n) is 9.66. The first-order valence-corrected chi connectivity index (χ1v) is 5.47. The van der Waals surface area contributed by atoms with E-state index in [1.807, 2.05) is 42.7 Å². The number of carbonyl (C=O) groups excluding carboxylic acids is 1.